The van der Waals surface area contributed by atoms with Gasteiger partial charge in [0.1, 0.15) is 0 Å². The molecule has 0 aromatic carbocycles. The zero-order chi connectivity index (χ0) is 11.1. The Morgan fingerprint density at radius 2 is 2.20 bits per heavy atom. The lowest BCUT2D eigenvalue weighted by atomic mass is 9.80. The fraction of sp³-hybridized carbons (Fsp3) is 0.909. The summed E-state index contributed by atoms with van der Waals surface area (Å²) in [4.78, 5) is 4.06. The van der Waals surface area contributed by atoms with Crippen molar-refractivity contribution in [1.29, 1.82) is 0 Å². The number of ether oxygens (including phenoxy) is 1. The van der Waals surface area contributed by atoms with Gasteiger partial charge in [-0.1, -0.05) is 0 Å². The molecule has 1 aliphatic carbocycles. The summed E-state index contributed by atoms with van der Waals surface area (Å²) in [6.45, 7) is 3.91. The van der Waals surface area contributed by atoms with Gasteiger partial charge in [-0.15, -0.1) is 0 Å². The third-order valence-electron chi connectivity index (χ3n) is 2.90. The van der Waals surface area contributed by atoms with Crippen LogP contribution in [0.5, 0.6) is 0 Å². The fourth-order valence-electron chi connectivity index (χ4n) is 1.96. The lowest BCUT2D eigenvalue weighted by Crippen LogP contribution is -2.38. The van der Waals surface area contributed by atoms with E-state index in [9.17, 15) is 0 Å². The molecular weight excluding hydrogens is 190 g/mol. The minimum atomic E-state index is 0.531. The Balaban J connectivity index is 1.99. The summed E-state index contributed by atoms with van der Waals surface area (Å²) in [5.74, 6) is 1.71. The summed E-state index contributed by atoms with van der Waals surface area (Å²) in [5, 5.41) is 6.27. The van der Waals surface area contributed by atoms with Crippen LogP contribution in [0.15, 0.2) is 4.99 Å². The summed E-state index contributed by atoms with van der Waals surface area (Å²) in [7, 11) is 3.66. The van der Waals surface area contributed by atoms with Crippen molar-refractivity contribution in [3.63, 3.8) is 0 Å². The second-order valence-electron chi connectivity index (χ2n) is 3.95. The summed E-state index contributed by atoms with van der Waals surface area (Å²) in [6.07, 6.45) is 4.20. The second-order valence-corrected chi connectivity index (χ2v) is 3.95. The van der Waals surface area contributed by atoms with E-state index in [0.29, 0.717) is 6.10 Å². The molecule has 4 heteroatoms. The van der Waals surface area contributed by atoms with Crippen molar-refractivity contribution in [3.05, 3.63) is 0 Å². The summed E-state index contributed by atoms with van der Waals surface area (Å²) in [5.41, 5.74) is 0. The predicted octanol–water partition coefficient (Wildman–Crippen LogP) is 0.986. The fourth-order valence-corrected chi connectivity index (χ4v) is 1.96. The molecule has 2 N–H and O–H groups in total. The minimum Gasteiger partial charge on any atom is -0.378 e. The van der Waals surface area contributed by atoms with Crippen LogP contribution in [0.1, 0.15) is 26.2 Å². The Morgan fingerprint density at radius 1 is 1.47 bits per heavy atom. The van der Waals surface area contributed by atoms with Gasteiger partial charge in [0, 0.05) is 27.2 Å². The van der Waals surface area contributed by atoms with Crippen molar-refractivity contribution in [2.24, 2.45) is 10.9 Å². The topological polar surface area (TPSA) is 45.6 Å². The highest BCUT2D eigenvalue weighted by atomic mass is 16.5. The molecule has 4 nitrogen and oxygen atoms in total. The number of aliphatic imine (C=N–C) groups is 1. The lowest BCUT2D eigenvalue weighted by Gasteiger charge is -2.35. The largest absolute Gasteiger partial charge is 0.378 e. The zero-order valence-corrected chi connectivity index (χ0v) is 10.0. The van der Waals surface area contributed by atoms with Crippen LogP contribution in [0.3, 0.4) is 0 Å². The van der Waals surface area contributed by atoms with E-state index >= 15 is 0 Å². The minimum absolute atomic E-state index is 0.531. The zero-order valence-electron chi connectivity index (χ0n) is 10.0. The smallest absolute Gasteiger partial charge is 0.190 e. The van der Waals surface area contributed by atoms with E-state index < -0.39 is 0 Å². The van der Waals surface area contributed by atoms with Crippen LogP contribution in [0.25, 0.3) is 0 Å². The van der Waals surface area contributed by atoms with E-state index in [4.69, 9.17) is 4.74 Å². The van der Waals surface area contributed by atoms with Crippen LogP contribution in [-0.4, -0.2) is 39.3 Å². The standard InChI is InChI=1S/C11H23N3O/c1-4-15-10-7-9(8-10)5-6-14-11(12-2)13-3/h9-10H,4-8H2,1-3H3,(H2,12,13,14). The maximum atomic E-state index is 5.52. The Labute approximate surface area is 92.5 Å². The molecule has 1 aliphatic rings. The summed E-state index contributed by atoms with van der Waals surface area (Å²) >= 11 is 0. The average molecular weight is 213 g/mol. The Kier molecular flexibility index (Phi) is 5.47. The normalized spacial score (nSPS) is 25.9. The molecule has 0 atom stereocenters. The van der Waals surface area contributed by atoms with E-state index in [0.717, 1.165) is 25.0 Å². The number of nitrogens with one attached hydrogen (secondary N) is 2. The molecular formula is C11H23N3O. The SMILES string of the molecule is CCOC1CC(CCNC(=NC)NC)C1. The highest BCUT2D eigenvalue weighted by Gasteiger charge is 2.28. The van der Waals surface area contributed by atoms with Crippen molar-refractivity contribution in [2.45, 2.75) is 32.3 Å². The number of hydrogen-bond donors (Lipinski definition) is 2. The van der Waals surface area contributed by atoms with Crippen molar-refractivity contribution in [2.75, 3.05) is 27.2 Å². The van der Waals surface area contributed by atoms with Crippen molar-refractivity contribution >= 4 is 5.96 Å². The first-order chi connectivity index (χ1) is 7.30. The molecule has 1 rings (SSSR count). The summed E-state index contributed by atoms with van der Waals surface area (Å²) < 4.78 is 5.52. The van der Waals surface area contributed by atoms with Crippen LogP contribution in [0.2, 0.25) is 0 Å². The van der Waals surface area contributed by atoms with Gasteiger partial charge < -0.3 is 15.4 Å². The van der Waals surface area contributed by atoms with Gasteiger partial charge in [-0.2, -0.15) is 0 Å². The van der Waals surface area contributed by atoms with Gasteiger partial charge in [0.25, 0.3) is 0 Å². The maximum absolute atomic E-state index is 5.52. The molecule has 1 fully saturated rings. The molecule has 0 bridgehead atoms. The first-order valence-corrected chi connectivity index (χ1v) is 5.80. The van der Waals surface area contributed by atoms with Crippen molar-refractivity contribution in [3.8, 4) is 0 Å². The van der Waals surface area contributed by atoms with E-state index in [1.54, 1.807) is 7.05 Å². The van der Waals surface area contributed by atoms with Gasteiger partial charge in [0.05, 0.1) is 6.10 Å². The molecule has 0 aliphatic heterocycles. The summed E-state index contributed by atoms with van der Waals surface area (Å²) in [6, 6.07) is 0. The first-order valence-electron chi connectivity index (χ1n) is 5.80. The van der Waals surface area contributed by atoms with Crippen LogP contribution in [0, 0.1) is 5.92 Å². The molecule has 0 saturated heterocycles. The quantitative estimate of drug-likeness (QED) is 0.529. The van der Waals surface area contributed by atoms with Gasteiger partial charge in [0.2, 0.25) is 0 Å². The number of nitrogens with zero attached hydrogens (tertiary/aromatic N) is 1. The third-order valence-corrected chi connectivity index (χ3v) is 2.90. The highest BCUT2D eigenvalue weighted by Crippen LogP contribution is 2.32. The first kappa shape index (κ1) is 12.3. The van der Waals surface area contributed by atoms with Crippen LogP contribution >= 0.6 is 0 Å². The monoisotopic (exact) mass is 213 g/mol. The number of guanidine groups is 1. The Morgan fingerprint density at radius 3 is 2.73 bits per heavy atom. The molecule has 0 aromatic rings. The molecule has 0 aromatic heterocycles. The lowest BCUT2D eigenvalue weighted by molar-refractivity contribution is -0.0260. The average Bonchev–Trinajstić information content (AvgIpc) is 2.20. The third kappa shape index (κ3) is 4.08. The molecule has 0 unspecified atom stereocenters. The maximum Gasteiger partial charge on any atom is 0.190 e. The van der Waals surface area contributed by atoms with Gasteiger partial charge in [-0.25, -0.2) is 0 Å². The Bertz CT molecular complexity index is 200. The van der Waals surface area contributed by atoms with Gasteiger partial charge in [0.15, 0.2) is 5.96 Å². The van der Waals surface area contributed by atoms with Gasteiger partial charge in [-0.05, 0) is 32.1 Å². The molecule has 15 heavy (non-hydrogen) atoms. The molecule has 88 valence electrons. The van der Waals surface area contributed by atoms with E-state index in [-0.39, 0.29) is 0 Å². The van der Waals surface area contributed by atoms with Gasteiger partial charge >= 0.3 is 0 Å². The van der Waals surface area contributed by atoms with Crippen molar-refractivity contribution in [1.82, 2.24) is 10.6 Å². The van der Waals surface area contributed by atoms with E-state index in [2.05, 4.69) is 22.5 Å². The molecule has 0 amide bonds. The second kappa shape index (κ2) is 6.67. The molecule has 0 radical (unpaired) electrons. The van der Waals surface area contributed by atoms with Gasteiger partial charge in [-0.3, -0.25) is 4.99 Å². The number of rotatable bonds is 5. The van der Waals surface area contributed by atoms with Crippen LogP contribution in [-0.2, 0) is 4.74 Å². The highest BCUT2D eigenvalue weighted by molar-refractivity contribution is 5.79. The predicted molar refractivity (Wildman–Crippen MR) is 63.2 cm³/mol. The van der Waals surface area contributed by atoms with E-state index in [1.165, 1.54) is 19.3 Å². The Hall–Kier alpha value is -0.770. The molecule has 0 spiro atoms. The number of hydrogen-bond acceptors (Lipinski definition) is 2. The van der Waals surface area contributed by atoms with E-state index in [1.807, 2.05) is 7.05 Å². The van der Waals surface area contributed by atoms with Crippen molar-refractivity contribution < 1.29 is 4.74 Å². The van der Waals surface area contributed by atoms with Crippen LogP contribution < -0.4 is 10.6 Å². The van der Waals surface area contributed by atoms with Crippen LogP contribution in [0.4, 0.5) is 0 Å². The molecule has 1 saturated carbocycles. The molecule has 0 heterocycles.